The Bertz CT molecular complexity index is 566. The summed E-state index contributed by atoms with van der Waals surface area (Å²) in [4.78, 5) is 12.3. The molecule has 1 aromatic rings. The molecule has 0 saturated carbocycles. The van der Waals surface area contributed by atoms with E-state index in [0.29, 0.717) is 0 Å². The second kappa shape index (κ2) is 6.99. The summed E-state index contributed by atoms with van der Waals surface area (Å²) in [5.41, 5.74) is -0.136. The molecule has 122 valence electrons. The summed E-state index contributed by atoms with van der Waals surface area (Å²) >= 11 is 11.9. The van der Waals surface area contributed by atoms with Crippen molar-refractivity contribution in [3.05, 3.63) is 27.7 Å². The van der Waals surface area contributed by atoms with Crippen LogP contribution in [-0.2, 0) is 9.47 Å². The van der Waals surface area contributed by atoms with Gasteiger partial charge >= 0.3 is 5.97 Å². The van der Waals surface area contributed by atoms with E-state index in [1.807, 2.05) is 0 Å². The summed E-state index contributed by atoms with van der Waals surface area (Å²) in [6, 6.07) is 2.83. The van der Waals surface area contributed by atoms with E-state index >= 15 is 0 Å². The second-order valence-electron chi connectivity index (χ2n) is 4.55. The number of benzene rings is 1. The van der Waals surface area contributed by atoms with Crippen LogP contribution in [0.5, 0.6) is 5.75 Å². The van der Waals surface area contributed by atoms with Gasteiger partial charge in [0.1, 0.15) is 17.8 Å². The summed E-state index contributed by atoms with van der Waals surface area (Å²) in [6.07, 6.45) is -5.37. The van der Waals surface area contributed by atoms with Crippen LogP contribution >= 0.6 is 23.2 Å². The number of rotatable bonds is 4. The zero-order valence-electron chi connectivity index (χ0n) is 11.4. The predicted octanol–water partition coefficient (Wildman–Crippen LogP) is 0.598. The minimum absolute atomic E-state index is 0.0146. The molecule has 1 heterocycles. The molecule has 7 nitrogen and oxygen atoms in total. The lowest BCUT2D eigenvalue weighted by atomic mass is 10.1. The standard InChI is InChI=1S/C13H14Cl2O7/c1-20-10-6(15)3-2-5(14)8(10)12(18)22-11-9(17)7(4-16)21-13(11)19/h2-3,7,9,11,13,16-17,19H,4H2,1H3/t7-,9-,11+,13?/m0/s1. The summed E-state index contributed by atoms with van der Waals surface area (Å²) in [5, 5.41) is 28.7. The normalized spacial score (nSPS) is 27.7. The van der Waals surface area contributed by atoms with Gasteiger partial charge in [-0.3, -0.25) is 0 Å². The molecule has 9 heteroatoms. The van der Waals surface area contributed by atoms with Crippen LogP contribution in [0.25, 0.3) is 0 Å². The van der Waals surface area contributed by atoms with E-state index in [4.69, 9.17) is 42.5 Å². The monoisotopic (exact) mass is 352 g/mol. The van der Waals surface area contributed by atoms with Crippen LogP contribution in [0.4, 0.5) is 0 Å². The lowest BCUT2D eigenvalue weighted by Gasteiger charge is -2.19. The van der Waals surface area contributed by atoms with Crippen molar-refractivity contribution in [1.82, 2.24) is 0 Å². The van der Waals surface area contributed by atoms with Crippen molar-refractivity contribution >= 4 is 29.2 Å². The van der Waals surface area contributed by atoms with Gasteiger partial charge in [-0.15, -0.1) is 0 Å². The number of carbonyl (C=O) groups is 1. The lowest BCUT2D eigenvalue weighted by Crippen LogP contribution is -2.38. The number of hydrogen-bond acceptors (Lipinski definition) is 7. The van der Waals surface area contributed by atoms with Crippen LogP contribution in [0.2, 0.25) is 10.0 Å². The topological polar surface area (TPSA) is 105 Å². The predicted molar refractivity (Wildman–Crippen MR) is 76.2 cm³/mol. The van der Waals surface area contributed by atoms with Gasteiger partial charge in [-0.1, -0.05) is 23.2 Å². The largest absolute Gasteiger partial charge is 0.494 e. The van der Waals surface area contributed by atoms with Crippen molar-refractivity contribution in [1.29, 1.82) is 0 Å². The van der Waals surface area contributed by atoms with E-state index in [1.54, 1.807) is 0 Å². The molecular weight excluding hydrogens is 339 g/mol. The van der Waals surface area contributed by atoms with Crippen LogP contribution in [0.3, 0.4) is 0 Å². The minimum atomic E-state index is -1.57. The Morgan fingerprint density at radius 2 is 1.95 bits per heavy atom. The van der Waals surface area contributed by atoms with Crippen LogP contribution in [0, 0.1) is 0 Å². The van der Waals surface area contributed by atoms with Crippen molar-refractivity contribution in [2.24, 2.45) is 0 Å². The maximum Gasteiger partial charge on any atom is 0.344 e. The van der Waals surface area contributed by atoms with E-state index in [1.165, 1.54) is 19.2 Å². The van der Waals surface area contributed by atoms with Crippen molar-refractivity contribution in [3.63, 3.8) is 0 Å². The van der Waals surface area contributed by atoms with Crippen LogP contribution < -0.4 is 4.74 Å². The van der Waals surface area contributed by atoms with Crippen molar-refractivity contribution < 1.29 is 34.3 Å². The van der Waals surface area contributed by atoms with Gasteiger partial charge in [0.05, 0.1) is 23.8 Å². The van der Waals surface area contributed by atoms with Gasteiger partial charge < -0.3 is 29.5 Å². The highest BCUT2D eigenvalue weighted by Crippen LogP contribution is 2.35. The molecule has 1 saturated heterocycles. The van der Waals surface area contributed by atoms with Crippen LogP contribution in [-0.4, -0.2) is 59.6 Å². The molecule has 1 fully saturated rings. The number of carbonyl (C=O) groups excluding carboxylic acids is 1. The number of hydrogen-bond donors (Lipinski definition) is 3. The molecule has 0 aliphatic carbocycles. The Balaban J connectivity index is 2.25. The molecule has 22 heavy (non-hydrogen) atoms. The lowest BCUT2D eigenvalue weighted by molar-refractivity contribution is -0.135. The molecule has 0 bridgehead atoms. The van der Waals surface area contributed by atoms with Gasteiger partial charge in [-0.25, -0.2) is 4.79 Å². The fourth-order valence-corrected chi connectivity index (χ4v) is 2.56. The highest BCUT2D eigenvalue weighted by Gasteiger charge is 2.45. The molecule has 0 aromatic heterocycles. The molecule has 4 atom stereocenters. The highest BCUT2D eigenvalue weighted by molar-refractivity contribution is 6.37. The van der Waals surface area contributed by atoms with Gasteiger partial charge in [0, 0.05) is 0 Å². The highest BCUT2D eigenvalue weighted by atomic mass is 35.5. The fraction of sp³-hybridized carbons (Fsp3) is 0.462. The average Bonchev–Trinajstić information content (AvgIpc) is 2.76. The molecule has 3 N–H and O–H groups in total. The number of aliphatic hydroxyl groups is 3. The molecule has 1 unspecified atom stereocenters. The maximum atomic E-state index is 12.3. The first-order chi connectivity index (χ1) is 10.4. The molecule has 0 spiro atoms. The zero-order valence-corrected chi connectivity index (χ0v) is 12.9. The van der Waals surface area contributed by atoms with E-state index in [-0.39, 0.29) is 21.4 Å². The number of ether oxygens (including phenoxy) is 3. The molecule has 0 radical (unpaired) electrons. The fourth-order valence-electron chi connectivity index (χ4n) is 2.10. The number of aliphatic hydroxyl groups excluding tert-OH is 3. The summed E-state index contributed by atoms with van der Waals surface area (Å²) in [5.74, 6) is -0.935. The van der Waals surface area contributed by atoms with Gasteiger partial charge in [0.15, 0.2) is 18.1 Å². The number of halogens is 2. The number of methoxy groups -OCH3 is 1. The Kier molecular flexibility index (Phi) is 5.49. The van der Waals surface area contributed by atoms with Crippen molar-refractivity contribution in [2.75, 3.05) is 13.7 Å². The van der Waals surface area contributed by atoms with E-state index in [9.17, 15) is 15.0 Å². The average molecular weight is 353 g/mol. The Hall–Kier alpha value is -1.09. The summed E-state index contributed by atoms with van der Waals surface area (Å²) in [6.45, 7) is -0.534. The van der Waals surface area contributed by atoms with Crippen LogP contribution in [0.1, 0.15) is 10.4 Å². The maximum absolute atomic E-state index is 12.3. The quantitative estimate of drug-likeness (QED) is 0.681. The molecule has 1 aromatic carbocycles. The van der Waals surface area contributed by atoms with Crippen molar-refractivity contribution in [2.45, 2.75) is 24.6 Å². The van der Waals surface area contributed by atoms with Gasteiger partial charge in [0.25, 0.3) is 0 Å². The molecule has 2 rings (SSSR count). The molecule has 1 aliphatic rings. The van der Waals surface area contributed by atoms with E-state index in [0.717, 1.165) is 0 Å². The first kappa shape index (κ1) is 17.3. The van der Waals surface area contributed by atoms with Crippen LogP contribution in [0.15, 0.2) is 12.1 Å². The minimum Gasteiger partial charge on any atom is -0.494 e. The third-order valence-corrected chi connectivity index (χ3v) is 3.82. The van der Waals surface area contributed by atoms with Gasteiger partial charge in [-0.2, -0.15) is 0 Å². The molecular formula is C13H14Cl2O7. The first-order valence-corrected chi connectivity index (χ1v) is 7.01. The first-order valence-electron chi connectivity index (χ1n) is 6.26. The van der Waals surface area contributed by atoms with Gasteiger partial charge in [-0.05, 0) is 12.1 Å². The van der Waals surface area contributed by atoms with Gasteiger partial charge in [0.2, 0.25) is 0 Å². The number of esters is 1. The van der Waals surface area contributed by atoms with Crippen molar-refractivity contribution in [3.8, 4) is 5.75 Å². The Labute approximate surface area is 135 Å². The Morgan fingerprint density at radius 1 is 1.32 bits per heavy atom. The SMILES string of the molecule is COc1c(Cl)ccc(Cl)c1C(=O)O[C@H]1C(O)O[C@@H](CO)[C@@H]1O. The van der Waals surface area contributed by atoms with E-state index in [2.05, 4.69) is 0 Å². The third-order valence-electron chi connectivity index (χ3n) is 3.20. The zero-order chi connectivity index (χ0) is 16.4. The molecule has 0 amide bonds. The molecule has 1 aliphatic heterocycles. The summed E-state index contributed by atoms with van der Waals surface area (Å²) < 4.78 is 14.9. The smallest absolute Gasteiger partial charge is 0.344 e. The second-order valence-corrected chi connectivity index (χ2v) is 5.36. The van der Waals surface area contributed by atoms with E-state index < -0.39 is 37.2 Å². The Morgan fingerprint density at radius 3 is 2.50 bits per heavy atom. The third kappa shape index (κ3) is 3.15. The summed E-state index contributed by atoms with van der Waals surface area (Å²) in [7, 11) is 1.30.